The maximum Gasteiger partial charge on any atom is 0.120 e. The summed E-state index contributed by atoms with van der Waals surface area (Å²) in [6, 6.07) is 0. The molecule has 1 atom stereocenters. The SMILES string of the molecule is CC1CCC(CC(O)c2c(C3CC3)sc3cncn23)CC1. The van der Waals surface area contributed by atoms with Gasteiger partial charge in [-0.25, -0.2) is 4.98 Å². The van der Waals surface area contributed by atoms with Crippen molar-refractivity contribution in [3.8, 4) is 0 Å². The number of imidazole rings is 1. The Kier molecular flexibility index (Phi) is 3.54. The van der Waals surface area contributed by atoms with Gasteiger partial charge in [0.15, 0.2) is 0 Å². The molecule has 3 nitrogen and oxygen atoms in total. The number of hydrogen-bond acceptors (Lipinski definition) is 3. The Morgan fingerprint density at radius 1 is 1.29 bits per heavy atom. The van der Waals surface area contributed by atoms with Crippen LogP contribution >= 0.6 is 11.3 Å². The normalized spacial score (nSPS) is 28.1. The molecule has 114 valence electrons. The summed E-state index contributed by atoms with van der Waals surface area (Å²) in [4.78, 5) is 6.85. The predicted molar refractivity (Wildman–Crippen MR) is 85.7 cm³/mol. The van der Waals surface area contributed by atoms with Gasteiger partial charge in [0, 0.05) is 4.88 Å². The minimum absolute atomic E-state index is 0.318. The zero-order valence-corrected chi connectivity index (χ0v) is 13.5. The first-order valence-corrected chi connectivity index (χ1v) is 9.16. The van der Waals surface area contributed by atoms with Crippen molar-refractivity contribution in [3.05, 3.63) is 23.1 Å². The van der Waals surface area contributed by atoms with Crippen molar-refractivity contribution in [1.29, 1.82) is 0 Å². The lowest BCUT2D eigenvalue weighted by atomic mass is 9.80. The number of aromatic nitrogens is 2. The Balaban J connectivity index is 1.56. The topological polar surface area (TPSA) is 37.5 Å². The van der Waals surface area contributed by atoms with E-state index in [-0.39, 0.29) is 6.10 Å². The fraction of sp³-hybridized carbons (Fsp3) is 0.706. The zero-order chi connectivity index (χ0) is 14.4. The van der Waals surface area contributed by atoms with Gasteiger partial charge < -0.3 is 5.11 Å². The lowest BCUT2D eigenvalue weighted by Gasteiger charge is -2.28. The molecule has 2 aliphatic rings. The van der Waals surface area contributed by atoms with Gasteiger partial charge in [-0.1, -0.05) is 32.6 Å². The van der Waals surface area contributed by atoms with E-state index in [1.54, 1.807) is 0 Å². The summed E-state index contributed by atoms with van der Waals surface area (Å²) in [5, 5.41) is 10.9. The van der Waals surface area contributed by atoms with Crippen LogP contribution in [-0.4, -0.2) is 14.5 Å². The van der Waals surface area contributed by atoms with Crippen molar-refractivity contribution >= 4 is 16.2 Å². The molecule has 0 aliphatic heterocycles. The van der Waals surface area contributed by atoms with E-state index in [1.807, 2.05) is 23.9 Å². The number of hydrogen-bond donors (Lipinski definition) is 1. The van der Waals surface area contributed by atoms with Gasteiger partial charge in [-0.15, -0.1) is 11.3 Å². The summed E-state index contributed by atoms with van der Waals surface area (Å²) in [5.74, 6) is 2.27. The number of fused-ring (bicyclic) bond motifs is 1. The van der Waals surface area contributed by atoms with Gasteiger partial charge in [0.2, 0.25) is 0 Å². The van der Waals surface area contributed by atoms with Crippen LogP contribution in [0, 0.1) is 11.8 Å². The molecule has 2 aromatic heterocycles. The summed E-state index contributed by atoms with van der Waals surface area (Å²) >= 11 is 1.83. The molecule has 2 saturated carbocycles. The first-order valence-electron chi connectivity index (χ1n) is 8.35. The highest BCUT2D eigenvalue weighted by atomic mass is 32.1. The van der Waals surface area contributed by atoms with E-state index in [0.29, 0.717) is 11.8 Å². The molecule has 1 N–H and O–H groups in total. The summed E-state index contributed by atoms with van der Waals surface area (Å²) in [6.45, 7) is 2.35. The van der Waals surface area contributed by atoms with Crippen LogP contribution in [0.2, 0.25) is 0 Å². The molecule has 0 aromatic carbocycles. The maximum atomic E-state index is 10.9. The van der Waals surface area contributed by atoms with Crippen LogP contribution in [0.4, 0.5) is 0 Å². The van der Waals surface area contributed by atoms with Crippen molar-refractivity contribution in [2.24, 2.45) is 11.8 Å². The maximum absolute atomic E-state index is 10.9. The van der Waals surface area contributed by atoms with Crippen LogP contribution in [0.5, 0.6) is 0 Å². The highest BCUT2D eigenvalue weighted by Gasteiger charge is 2.33. The number of aliphatic hydroxyl groups is 1. The Bertz CT molecular complexity index is 620. The molecule has 2 aliphatic carbocycles. The second-order valence-corrected chi connectivity index (χ2v) is 8.17. The fourth-order valence-electron chi connectivity index (χ4n) is 3.78. The molecule has 0 spiro atoms. The first kappa shape index (κ1) is 13.8. The highest BCUT2D eigenvalue weighted by Crippen LogP contribution is 2.48. The Hall–Kier alpha value is -0.870. The van der Waals surface area contributed by atoms with Gasteiger partial charge in [-0.3, -0.25) is 4.40 Å². The van der Waals surface area contributed by atoms with Gasteiger partial charge in [0.1, 0.15) is 11.2 Å². The summed E-state index contributed by atoms with van der Waals surface area (Å²) in [7, 11) is 0. The Morgan fingerprint density at radius 3 is 2.76 bits per heavy atom. The number of aliphatic hydroxyl groups excluding tert-OH is 1. The fourth-order valence-corrected chi connectivity index (χ4v) is 5.10. The number of rotatable bonds is 4. The van der Waals surface area contributed by atoms with E-state index >= 15 is 0 Å². The minimum Gasteiger partial charge on any atom is -0.387 e. The minimum atomic E-state index is -0.318. The van der Waals surface area contributed by atoms with Crippen LogP contribution in [0.25, 0.3) is 4.83 Å². The van der Waals surface area contributed by atoms with Gasteiger partial charge in [-0.2, -0.15) is 0 Å². The predicted octanol–water partition coefficient (Wildman–Crippen LogP) is 4.52. The van der Waals surface area contributed by atoms with Crippen molar-refractivity contribution in [1.82, 2.24) is 9.38 Å². The molecule has 1 unspecified atom stereocenters. The lowest BCUT2D eigenvalue weighted by Crippen LogP contribution is -2.16. The molecule has 0 saturated heterocycles. The van der Waals surface area contributed by atoms with Crippen molar-refractivity contribution in [3.63, 3.8) is 0 Å². The molecule has 4 rings (SSSR count). The number of nitrogens with zero attached hydrogens (tertiary/aromatic N) is 2. The summed E-state index contributed by atoms with van der Waals surface area (Å²) < 4.78 is 2.13. The highest BCUT2D eigenvalue weighted by molar-refractivity contribution is 7.17. The number of thiazole rings is 1. The van der Waals surface area contributed by atoms with Gasteiger partial charge >= 0.3 is 0 Å². The lowest BCUT2D eigenvalue weighted by molar-refractivity contribution is 0.120. The third-order valence-electron chi connectivity index (χ3n) is 5.29. The smallest absolute Gasteiger partial charge is 0.120 e. The Labute approximate surface area is 130 Å². The third kappa shape index (κ3) is 2.64. The largest absolute Gasteiger partial charge is 0.387 e. The molecular formula is C17H24N2OS. The molecule has 2 aromatic rings. The molecule has 2 fully saturated rings. The average Bonchev–Trinajstić information content (AvgIpc) is 3.10. The summed E-state index contributed by atoms with van der Waals surface area (Å²) in [6.07, 6.45) is 12.2. The van der Waals surface area contributed by atoms with E-state index < -0.39 is 0 Å². The van der Waals surface area contributed by atoms with Crippen LogP contribution < -0.4 is 0 Å². The molecule has 21 heavy (non-hydrogen) atoms. The van der Waals surface area contributed by atoms with Crippen LogP contribution in [0.3, 0.4) is 0 Å². The zero-order valence-electron chi connectivity index (χ0n) is 12.7. The van der Waals surface area contributed by atoms with E-state index in [0.717, 1.165) is 18.0 Å². The van der Waals surface area contributed by atoms with Crippen molar-refractivity contribution in [2.75, 3.05) is 0 Å². The van der Waals surface area contributed by atoms with Crippen molar-refractivity contribution < 1.29 is 5.11 Å². The van der Waals surface area contributed by atoms with E-state index in [2.05, 4.69) is 16.3 Å². The van der Waals surface area contributed by atoms with Gasteiger partial charge in [-0.05, 0) is 37.0 Å². The van der Waals surface area contributed by atoms with E-state index in [9.17, 15) is 5.11 Å². The average molecular weight is 304 g/mol. The van der Waals surface area contributed by atoms with Crippen molar-refractivity contribution in [2.45, 2.75) is 63.9 Å². The van der Waals surface area contributed by atoms with Crippen LogP contribution in [0.15, 0.2) is 12.5 Å². The molecule has 0 radical (unpaired) electrons. The molecule has 4 heteroatoms. The van der Waals surface area contributed by atoms with E-state index in [1.165, 1.54) is 48.2 Å². The quantitative estimate of drug-likeness (QED) is 0.901. The Morgan fingerprint density at radius 2 is 2.05 bits per heavy atom. The summed E-state index contributed by atoms with van der Waals surface area (Å²) in [5.41, 5.74) is 1.15. The standard InChI is InChI=1S/C17H24N2OS/c1-11-2-4-12(5-3-11)8-14(20)16-17(13-6-7-13)21-15-9-18-10-19(15)16/h9-14,20H,2-8H2,1H3. The van der Waals surface area contributed by atoms with Crippen LogP contribution in [0.1, 0.15) is 74.5 Å². The van der Waals surface area contributed by atoms with Gasteiger partial charge in [0.05, 0.1) is 18.0 Å². The first-order chi connectivity index (χ1) is 10.2. The second kappa shape index (κ2) is 5.40. The van der Waals surface area contributed by atoms with E-state index in [4.69, 9.17) is 0 Å². The second-order valence-electron chi connectivity index (χ2n) is 7.11. The molecule has 0 amide bonds. The third-order valence-corrected chi connectivity index (χ3v) is 6.56. The molecular weight excluding hydrogens is 280 g/mol. The monoisotopic (exact) mass is 304 g/mol. The van der Waals surface area contributed by atoms with Gasteiger partial charge in [0.25, 0.3) is 0 Å². The molecule has 0 bridgehead atoms. The van der Waals surface area contributed by atoms with Crippen LogP contribution in [-0.2, 0) is 0 Å². The molecule has 2 heterocycles.